The van der Waals surface area contributed by atoms with Crippen LogP contribution in [0.1, 0.15) is 0 Å². The van der Waals surface area contributed by atoms with Crippen LogP contribution in [-0.4, -0.2) is 48.9 Å². The molecule has 61 valence electrons. The van der Waals surface area contributed by atoms with Gasteiger partial charge in [0.1, 0.15) is 0 Å². The van der Waals surface area contributed by atoms with Crippen molar-refractivity contribution in [2.24, 2.45) is 0 Å². The minimum absolute atomic E-state index is 0. The zero-order valence-corrected chi connectivity index (χ0v) is 9.50. The molecule has 1 N–H and O–H groups in total. The third-order valence-corrected chi connectivity index (χ3v) is 1.38. The van der Waals surface area contributed by atoms with Crippen molar-refractivity contribution < 1.29 is 14.6 Å². The first-order chi connectivity index (χ1) is 5.29. The number of hydrogen-bond acceptors (Lipinski definition) is 3. The Morgan fingerprint density at radius 3 is 2.25 bits per heavy atom. The first kappa shape index (κ1) is 11.6. The van der Waals surface area contributed by atoms with Crippen molar-refractivity contribution in [1.82, 2.24) is 0 Å². The van der Waals surface area contributed by atoms with Crippen molar-refractivity contribution in [3.8, 4) is 17.2 Å². The molecule has 0 aromatic heterocycles. The molecule has 4 heteroatoms. The molecule has 0 heterocycles. The molecule has 0 unspecified atom stereocenters. The molecule has 1 radical (unpaired) electrons. The Bertz CT molecular complexity index is 250. The Kier molecular flexibility index (Phi) is 5.13. The smallest absolute Gasteiger partial charge is 0.203 e. The Balaban J connectivity index is 0.00000121. The molecule has 0 fully saturated rings. The first-order valence-electron chi connectivity index (χ1n) is 3.19. The zero-order valence-electron chi connectivity index (χ0n) is 7.50. The average Bonchev–Trinajstić information content (AvgIpc) is 2.04. The quantitative estimate of drug-likeness (QED) is 0.685. The van der Waals surface area contributed by atoms with Gasteiger partial charge in [0.15, 0.2) is 11.5 Å². The van der Waals surface area contributed by atoms with Gasteiger partial charge < -0.3 is 14.6 Å². The molecule has 1 rings (SSSR count). The van der Waals surface area contributed by atoms with E-state index in [4.69, 9.17) is 9.47 Å². The van der Waals surface area contributed by atoms with E-state index in [9.17, 15) is 5.11 Å². The number of rotatable bonds is 2. The molecule has 0 amide bonds. The molecule has 0 bridgehead atoms. The van der Waals surface area contributed by atoms with Crippen molar-refractivity contribution in [3.05, 3.63) is 18.2 Å². The number of ether oxygens (including phenoxy) is 2. The summed E-state index contributed by atoms with van der Waals surface area (Å²) in [6.45, 7) is 0. The number of hydrogen-bond donors (Lipinski definition) is 1. The van der Waals surface area contributed by atoms with Crippen LogP contribution in [0.2, 0.25) is 0 Å². The minimum Gasteiger partial charge on any atom is -0.504 e. The van der Waals surface area contributed by atoms with Crippen LogP contribution in [0.25, 0.3) is 0 Å². The molecule has 0 spiro atoms. The largest absolute Gasteiger partial charge is 0.504 e. The van der Waals surface area contributed by atoms with Gasteiger partial charge in [-0.15, -0.1) is 0 Å². The summed E-state index contributed by atoms with van der Waals surface area (Å²) in [5.41, 5.74) is 0. The van der Waals surface area contributed by atoms with Gasteiger partial charge in [-0.1, -0.05) is 6.07 Å². The summed E-state index contributed by atoms with van der Waals surface area (Å²) >= 11 is 0. The molecular weight excluding hydrogens is 167 g/mol. The molecule has 1 aromatic carbocycles. The van der Waals surface area contributed by atoms with Crippen LogP contribution in [0, 0.1) is 0 Å². The number of methoxy groups -OCH3 is 2. The van der Waals surface area contributed by atoms with Crippen molar-refractivity contribution >= 4 is 29.6 Å². The number of aromatic hydroxyl groups is 1. The van der Waals surface area contributed by atoms with Crippen LogP contribution in [0.15, 0.2) is 18.2 Å². The van der Waals surface area contributed by atoms with Crippen molar-refractivity contribution in [3.63, 3.8) is 0 Å². The molecule has 0 atom stereocenters. The van der Waals surface area contributed by atoms with E-state index in [-0.39, 0.29) is 35.3 Å². The Hall–Kier alpha value is -0.380. The fourth-order valence-corrected chi connectivity index (χ4v) is 0.870. The summed E-state index contributed by atoms with van der Waals surface area (Å²) in [7, 11) is 3.01. The van der Waals surface area contributed by atoms with E-state index in [0.717, 1.165) is 0 Å². The Labute approximate surface area is 93.6 Å². The van der Waals surface area contributed by atoms with Gasteiger partial charge in [0.25, 0.3) is 0 Å². The predicted molar refractivity (Wildman–Crippen MR) is 47.0 cm³/mol. The van der Waals surface area contributed by atoms with E-state index in [1.54, 1.807) is 18.2 Å². The maximum absolute atomic E-state index is 9.22. The molecule has 3 nitrogen and oxygen atoms in total. The van der Waals surface area contributed by atoms with Crippen LogP contribution in [0.5, 0.6) is 17.2 Å². The van der Waals surface area contributed by atoms with E-state index in [1.165, 1.54) is 14.2 Å². The molecule has 0 saturated carbocycles. The van der Waals surface area contributed by atoms with Crippen LogP contribution in [-0.2, 0) is 0 Å². The minimum atomic E-state index is 0. The third-order valence-electron chi connectivity index (χ3n) is 1.38. The van der Waals surface area contributed by atoms with Gasteiger partial charge in [0, 0.05) is 29.6 Å². The first-order valence-corrected chi connectivity index (χ1v) is 3.19. The van der Waals surface area contributed by atoms with Crippen LogP contribution < -0.4 is 9.47 Å². The zero-order chi connectivity index (χ0) is 8.27. The monoisotopic (exact) mass is 177 g/mol. The molecule has 0 aliphatic heterocycles. The van der Waals surface area contributed by atoms with Gasteiger partial charge in [-0.25, -0.2) is 0 Å². The molecule has 12 heavy (non-hydrogen) atoms. The number of benzene rings is 1. The van der Waals surface area contributed by atoms with Crippen molar-refractivity contribution in [2.45, 2.75) is 0 Å². The van der Waals surface area contributed by atoms with Gasteiger partial charge >= 0.3 is 0 Å². The molecule has 0 aliphatic rings. The maximum atomic E-state index is 9.22. The topological polar surface area (TPSA) is 38.7 Å². The van der Waals surface area contributed by atoms with Gasteiger partial charge in [-0.3, -0.25) is 0 Å². The standard InChI is InChI=1S/C8H10O3.Na/c1-10-7-5-3-4-6(9)8(7)11-2;/h3-5,9H,1-2H3;. The summed E-state index contributed by atoms with van der Waals surface area (Å²) in [5, 5.41) is 9.22. The van der Waals surface area contributed by atoms with Gasteiger partial charge in [0.05, 0.1) is 14.2 Å². The number of phenols is 1. The molecule has 0 aliphatic carbocycles. The fraction of sp³-hybridized carbons (Fsp3) is 0.250. The normalized spacial score (nSPS) is 8.50. The summed E-state index contributed by atoms with van der Waals surface area (Å²) in [6.07, 6.45) is 0. The fourth-order valence-electron chi connectivity index (χ4n) is 0.870. The average molecular weight is 177 g/mol. The van der Waals surface area contributed by atoms with E-state index in [2.05, 4.69) is 0 Å². The van der Waals surface area contributed by atoms with Gasteiger partial charge in [-0.2, -0.15) is 0 Å². The van der Waals surface area contributed by atoms with Crippen LogP contribution >= 0.6 is 0 Å². The van der Waals surface area contributed by atoms with Crippen LogP contribution in [0.4, 0.5) is 0 Å². The van der Waals surface area contributed by atoms with E-state index in [0.29, 0.717) is 11.5 Å². The number of para-hydroxylation sites is 1. The predicted octanol–water partition coefficient (Wildman–Crippen LogP) is 1.03. The van der Waals surface area contributed by atoms with E-state index >= 15 is 0 Å². The van der Waals surface area contributed by atoms with E-state index < -0.39 is 0 Å². The summed E-state index contributed by atoms with van der Waals surface area (Å²) in [5.74, 6) is 0.995. The van der Waals surface area contributed by atoms with E-state index in [1.807, 2.05) is 0 Å². The second kappa shape index (κ2) is 5.30. The van der Waals surface area contributed by atoms with Gasteiger partial charge in [-0.05, 0) is 12.1 Å². The second-order valence-electron chi connectivity index (χ2n) is 2.01. The summed E-state index contributed by atoms with van der Waals surface area (Å²) < 4.78 is 9.82. The van der Waals surface area contributed by atoms with Crippen molar-refractivity contribution in [2.75, 3.05) is 14.2 Å². The Morgan fingerprint density at radius 1 is 1.17 bits per heavy atom. The van der Waals surface area contributed by atoms with Crippen molar-refractivity contribution in [1.29, 1.82) is 0 Å². The number of phenolic OH excluding ortho intramolecular Hbond substituents is 1. The summed E-state index contributed by atoms with van der Waals surface area (Å²) in [6, 6.07) is 4.95. The molecular formula is C8H10NaO3. The third kappa shape index (κ3) is 2.30. The summed E-state index contributed by atoms with van der Waals surface area (Å²) in [4.78, 5) is 0. The maximum Gasteiger partial charge on any atom is 0.203 e. The SMILES string of the molecule is COc1cccc(O)c1OC.[Na]. The van der Waals surface area contributed by atoms with Gasteiger partial charge in [0.2, 0.25) is 5.75 Å². The second-order valence-corrected chi connectivity index (χ2v) is 2.01. The molecule has 1 aromatic rings. The van der Waals surface area contributed by atoms with Crippen LogP contribution in [0.3, 0.4) is 0 Å². The Morgan fingerprint density at radius 2 is 1.83 bits per heavy atom. The molecule has 0 saturated heterocycles.